The Bertz CT molecular complexity index is 921. The van der Waals surface area contributed by atoms with Gasteiger partial charge in [0.25, 0.3) is 0 Å². The Morgan fingerprint density at radius 3 is 2.33 bits per heavy atom. The molecule has 30 heavy (non-hydrogen) atoms. The molecular weight excluding hydrogens is 423 g/mol. The number of benzene rings is 2. The molecule has 158 valence electrons. The lowest BCUT2D eigenvalue weighted by atomic mass is 9.98. The summed E-state index contributed by atoms with van der Waals surface area (Å²) in [5.41, 5.74) is 5.02. The van der Waals surface area contributed by atoms with Gasteiger partial charge in [0.05, 0.1) is 5.92 Å². The fraction of sp³-hybridized carbons (Fsp3) is 0.391. The van der Waals surface area contributed by atoms with Crippen molar-refractivity contribution in [2.75, 3.05) is 26.2 Å². The molecule has 1 heterocycles. The van der Waals surface area contributed by atoms with Crippen LogP contribution in [0, 0.1) is 5.92 Å². The van der Waals surface area contributed by atoms with Crippen LogP contribution in [0.1, 0.15) is 35.1 Å². The third-order valence-corrected chi connectivity index (χ3v) is 6.30. The predicted molar refractivity (Wildman–Crippen MR) is 119 cm³/mol. The van der Waals surface area contributed by atoms with Crippen LogP contribution in [0.2, 0.25) is 10.0 Å². The molecule has 1 atom stereocenters. The number of aliphatic carboxylic acids is 1. The summed E-state index contributed by atoms with van der Waals surface area (Å²) in [7, 11) is 0. The number of nitrogens with zero attached hydrogens (tertiary/aromatic N) is 2. The molecule has 0 bridgehead atoms. The fourth-order valence-corrected chi connectivity index (χ4v) is 4.57. The molecule has 1 N–H and O–H groups in total. The van der Waals surface area contributed by atoms with Crippen LogP contribution in [-0.4, -0.2) is 47.9 Å². The molecule has 1 saturated heterocycles. The predicted octanol–water partition coefficient (Wildman–Crippen LogP) is 4.66. The largest absolute Gasteiger partial charge is 0.481 e. The van der Waals surface area contributed by atoms with Crippen molar-refractivity contribution in [3.63, 3.8) is 0 Å². The monoisotopic (exact) mass is 446 g/mol. The Labute approximate surface area is 186 Å². The van der Waals surface area contributed by atoms with Crippen LogP contribution in [0.4, 0.5) is 0 Å². The number of oxime groups is 1. The Morgan fingerprint density at radius 1 is 1.10 bits per heavy atom. The van der Waals surface area contributed by atoms with Crippen molar-refractivity contribution in [1.82, 2.24) is 4.90 Å². The summed E-state index contributed by atoms with van der Waals surface area (Å²) < 4.78 is 0. The first-order valence-corrected chi connectivity index (χ1v) is 11.0. The zero-order valence-electron chi connectivity index (χ0n) is 16.6. The van der Waals surface area contributed by atoms with Crippen LogP contribution in [0.3, 0.4) is 0 Å². The molecule has 1 aliphatic carbocycles. The SMILES string of the molecule is O=C(O)C1CCCN(CCON=C2c3cc(Cl)ccc3CCc3ccc(Cl)cc32)C1. The normalized spacial score (nSPS) is 18.9. The highest BCUT2D eigenvalue weighted by atomic mass is 35.5. The summed E-state index contributed by atoms with van der Waals surface area (Å²) in [5, 5.41) is 15.1. The van der Waals surface area contributed by atoms with Gasteiger partial charge in [0.2, 0.25) is 0 Å². The molecule has 7 heteroatoms. The topological polar surface area (TPSA) is 62.1 Å². The van der Waals surface area contributed by atoms with Gasteiger partial charge in [0.15, 0.2) is 0 Å². The summed E-state index contributed by atoms with van der Waals surface area (Å²) >= 11 is 12.6. The van der Waals surface area contributed by atoms with Gasteiger partial charge < -0.3 is 9.94 Å². The minimum Gasteiger partial charge on any atom is -0.481 e. The second kappa shape index (κ2) is 9.38. The minimum atomic E-state index is -0.721. The van der Waals surface area contributed by atoms with E-state index in [1.807, 2.05) is 36.4 Å². The fourth-order valence-electron chi connectivity index (χ4n) is 4.23. The number of hydrogen-bond donors (Lipinski definition) is 1. The second-order valence-electron chi connectivity index (χ2n) is 7.85. The minimum absolute atomic E-state index is 0.296. The Balaban J connectivity index is 1.53. The average Bonchev–Trinajstić information content (AvgIpc) is 2.88. The van der Waals surface area contributed by atoms with Gasteiger partial charge in [-0.1, -0.05) is 40.5 Å². The number of piperidine rings is 1. The molecule has 2 aliphatic rings. The third kappa shape index (κ3) is 4.80. The van der Waals surface area contributed by atoms with Gasteiger partial charge >= 0.3 is 5.97 Å². The lowest BCUT2D eigenvalue weighted by Crippen LogP contribution is -2.40. The standard InChI is InChI=1S/C23H24Cl2N2O3/c24-18-7-5-15-3-4-16-6-8-19(25)13-21(16)22(20(15)12-18)26-30-11-10-27-9-1-2-17(14-27)23(28)29/h5-8,12-13,17H,1-4,9-11,14H2,(H,28,29). The van der Waals surface area contributed by atoms with Gasteiger partial charge in [-0.2, -0.15) is 0 Å². The molecule has 0 amide bonds. The number of likely N-dealkylation sites (tertiary alicyclic amines) is 1. The third-order valence-electron chi connectivity index (χ3n) is 5.83. The zero-order valence-corrected chi connectivity index (χ0v) is 18.1. The average molecular weight is 447 g/mol. The Morgan fingerprint density at radius 2 is 1.73 bits per heavy atom. The smallest absolute Gasteiger partial charge is 0.307 e. The Kier molecular flexibility index (Phi) is 6.61. The first kappa shape index (κ1) is 21.2. The van der Waals surface area contributed by atoms with E-state index in [9.17, 15) is 9.90 Å². The molecule has 0 spiro atoms. The molecule has 1 aliphatic heterocycles. The van der Waals surface area contributed by atoms with Crippen LogP contribution >= 0.6 is 23.2 Å². The van der Waals surface area contributed by atoms with Crippen molar-refractivity contribution in [2.45, 2.75) is 25.7 Å². The summed E-state index contributed by atoms with van der Waals surface area (Å²) in [6, 6.07) is 11.7. The lowest BCUT2D eigenvalue weighted by molar-refractivity contribution is -0.143. The highest BCUT2D eigenvalue weighted by Crippen LogP contribution is 2.29. The van der Waals surface area contributed by atoms with E-state index in [4.69, 9.17) is 28.0 Å². The maximum absolute atomic E-state index is 11.3. The first-order chi connectivity index (χ1) is 14.5. The maximum Gasteiger partial charge on any atom is 0.307 e. The van der Waals surface area contributed by atoms with Crippen molar-refractivity contribution in [3.05, 3.63) is 68.7 Å². The number of carboxylic acid groups (broad SMARTS) is 1. The van der Waals surface area contributed by atoms with E-state index in [1.165, 1.54) is 11.1 Å². The summed E-state index contributed by atoms with van der Waals surface area (Å²) in [6.07, 6.45) is 3.42. The molecular formula is C23H24Cl2N2O3. The highest BCUT2D eigenvalue weighted by molar-refractivity contribution is 6.32. The summed E-state index contributed by atoms with van der Waals surface area (Å²) in [5.74, 6) is -1.02. The van der Waals surface area contributed by atoms with Gasteiger partial charge in [-0.15, -0.1) is 0 Å². The van der Waals surface area contributed by atoms with Crippen molar-refractivity contribution in [3.8, 4) is 0 Å². The summed E-state index contributed by atoms with van der Waals surface area (Å²) in [4.78, 5) is 19.1. The van der Waals surface area contributed by atoms with Gasteiger partial charge in [-0.25, -0.2) is 0 Å². The Hall–Kier alpha value is -2.08. The van der Waals surface area contributed by atoms with E-state index in [1.54, 1.807) is 0 Å². The number of fused-ring (bicyclic) bond motifs is 2. The molecule has 5 nitrogen and oxygen atoms in total. The van der Waals surface area contributed by atoms with Crippen molar-refractivity contribution < 1.29 is 14.7 Å². The second-order valence-corrected chi connectivity index (χ2v) is 8.73. The molecule has 4 rings (SSSR count). The highest BCUT2D eigenvalue weighted by Gasteiger charge is 2.25. The molecule has 1 unspecified atom stereocenters. The van der Waals surface area contributed by atoms with E-state index in [0.29, 0.717) is 29.7 Å². The lowest BCUT2D eigenvalue weighted by Gasteiger charge is -2.30. The van der Waals surface area contributed by atoms with Crippen LogP contribution in [0.5, 0.6) is 0 Å². The van der Waals surface area contributed by atoms with Crippen molar-refractivity contribution >= 4 is 34.9 Å². The van der Waals surface area contributed by atoms with Gasteiger partial charge in [0, 0.05) is 34.3 Å². The van der Waals surface area contributed by atoms with E-state index in [-0.39, 0.29) is 5.92 Å². The number of carbonyl (C=O) groups is 1. The van der Waals surface area contributed by atoms with E-state index < -0.39 is 5.97 Å². The van der Waals surface area contributed by atoms with E-state index in [2.05, 4.69) is 10.1 Å². The van der Waals surface area contributed by atoms with Crippen LogP contribution in [0.15, 0.2) is 41.6 Å². The van der Waals surface area contributed by atoms with Gasteiger partial charge in [-0.05, 0) is 67.6 Å². The number of hydrogen-bond acceptors (Lipinski definition) is 4. The zero-order chi connectivity index (χ0) is 21.1. The summed E-state index contributed by atoms with van der Waals surface area (Å²) in [6.45, 7) is 2.49. The van der Waals surface area contributed by atoms with Crippen LogP contribution < -0.4 is 0 Å². The van der Waals surface area contributed by atoms with Crippen molar-refractivity contribution in [2.24, 2.45) is 11.1 Å². The van der Waals surface area contributed by atoms with Crippen LogP contribution in [-0.2, 0) is 22.5 Å². The molecule has 2 aromatic rings. The number of halogens is 2. The number of carboxylic acids is 1. The number of rotatable bonds is 5. The first-order valence-electron chi connectivity index (χ1n) is 10.2. The molecule has 0 radical (unpaired) electrons. The maximum atomic E-state index is 11.3. The van der Waals surface area contributed by atoms with Crippen LogP contribution in [0.25, 0.3) is 0 Å². The molecule has 2 aromatic carbocycles. The quantitative estimate of drug-likeness (QED) is 0.535. The molecule has 1 fully saturated rings. The van der Waals surface area contributed by atoms with Gasteiger partial charge in [0.1, 0.15) is 12.3 Å². The molecule has 0 aromatic heterocycles. The van der Waals surface area contributed by atoms with Gasteiger partial charge in [-0.3, -0.25) is 9.69 Å². The van der Waals surface area contributed by atoms with E-state index >= 15 is 0 Å². The van der Waals surface area contributed by atoms with E-state index in [0.717, 1.165) is 49.1 Å². The number of aryl methyl sites for hydroxylation is 2. The molecule has 0 saturated carbocycles. The van der Waals surface area contributed by atoms with Crippen molar-refractivity contribution in [1.29, 1.82) is 0 Å².